The molecule has 0 aromatic heterocycles. The van der Waals surface area contributed by atoms with Gasteiger partial charge < -0.3 is 10.1 Å². The van der Waals surface area contributed by atoms with Gasteiger partial charge in [-0.05, 0) is 24.0 Å². The molecule has 1 atom stereocenters. The van der Waals surface area contributed by atoms with Gasteiger partial charge in [-0.3, -0.25) is 4.90 Å². The molecule has 0 aliphatic carbocycles. The second-order valence-electron chi connectivity index (χ2n) is 5.27. The molecular formula is C15H22N2O. The van der Waals surface area contributed by atoms with Gasteiger partial charge in [-0.1, -0.05) is 24.3 Å². The fourth-order valence-electron chi connectivity index (χ4n) is 2.81. The van der Waals surface area contributed by atoms with Gasteiger partial charge >= 0.3 is 0 Å². The predicted molar refractivity (Wildman–Crippen MR) is 72.5 cm³/mol. The minimum Gasteiger partial charge on any atom is -0.374 e. The van der Waals surface area contributed by atoms with Crippen LogP contribution in [0.25, 0.3) is 0 Å². The molecule has 0 amide bonds. The highest BCUT2D eigenvalue weighted by atomic mass is 16.5. The van der Waals surface area contributed by atoms with Crippen molar-refractivity contribution in [3.05, 3.63) is 35.4 Å². The van der Waals surface area contributed by atoms with Crippen molar-refractivity contribution in [2.45, 2.75) is 25.5 Å². The van der Waals surface area contributed by atoms with E-state index in [1.54, 1.807) is 0 Å². The standard InChI is InChI=1S/C15H22N2O/c1-2-15(18-11-1)14-5-3-13(4-6-14)12-17-9-7-16-8-10-17/h3-6,15-16H,1-2,7-12H2. The number of benzene rings is 1. The van der Waals surface area contributed by atoms with Gasteiger partial charge in [0.2, 0.25) is 0 Å². The average molecular weight is 246 g/mol. The first-order chi connectivity index (χ1) is 8.92. The van der Waals surface area contributed by atoms with Crippen LogP contribution in [0.2, 0.25) is 0 Å². The van der Waals surface area contributed by atoms with Crippen molar-refractivity contribution in [3.8, 4) is 0 Å². The quantitative estimate of drug-likeness (QED) is 0.882. The Morgan fingerprint density at radius 1 is 1.17 bits per heavy atom. The van der Waals surface area contributed by atoms with E-state index in [2.05, 4.69) is 34.5 Å². The van der Waals surface area contributed by atoms with Crippen LogP contribution in [-0.2, 0) is 11.3 Å². The van der Waals surface area contributed by atoms with E-state index in [0.29, 0.717) is 6.10 Å². The van der Waals surface area contributed by atoms with E-state index in [1.165, 1.54) is 24.0 Å². The fourth-order valence-corrected chi connectivity index (χ4v) is 2.81. The van der Waals surface area contributed by atoms with E-state index in [4.69, 9.17) is 4.74 Å². The molecule has 2 saturated heterocycles. The summed E-state index contributed by atoms with van der Waals surface area (Å²) >= 11 is 0. The van der Waals surface area contributed by atoms with Crippen LogP contribution in [-0.4, -0.2) is 37.7 Å². The first kappa shape index (κ1) is 12.2. The molecule has 3 heteroatoms. The largest absolute Gasteiger partial charge is 0.374 e. The molecule has 0 saturated carbocycles. The number of hydrogen-bond donors (Lipinski definition) is 1. The third-order valence-electron chi connectivity index (χ3n) is 3.90. The Labute approximate surface area is 109 Å². The molecular weight excluding hydrogens is 224 g/mol. The Morgan fingerprint density at radius 2 is 1.94 bits per heavy atom. The predicted octanol–water partition coefficient (Wildman–Crippen LogP) is 1.94. The van der Waals surface area contributed by atoms with Crippen molar-refractivity contribution < 1.29 is 4.74 Å². The second kappa shape index (κ2) is 5.83. The van der Waals surface area contributed by atoms with E-state index in [-0.39, 0.29) is 0 Å². The number of piperazine rings is 1. The molecule has 1 aromatic rings. The zero-order valence-corrected chi connectivity index (χ0v) is 10.9. The zero-order chi connectivity index (χ0) is 12.2. The number of ether oxygens (including phenoxy) is 1. The van der Waals surface area contributed by atoms with Crippen LogP contribution in [0.3, 0.4) is 0 Å². The van der Waals surface area contributed by atoms with Gasteiger partial charge in [0.05, 0.1) is 6.10 Å². The molecule has 0 spiro atoms. The van der Waals surface area contributed by atoms with E-state index in [1.807, 2.05) is 0 Å². The molecule has 1 aromatic carbocycles. The Kier molecular flexibility index (Phi) is 3.93. The van der Waals surface area contributed by atoms with Crippen molar-refractivity contribution in [1.29, 1.82) is 0 Å². The number of hydrogen-bond acceptors (Lipinski definition) is 3. The van der Waals surface area contributed by atoms with Gasteiger partial charge in [0.1, 0.15) is 0 Å². The third kappa shape index (κ3) is 2.91. The van der Waals surface area contributed by atoms with Crippen molar-refractivity contribution in [2.75, 3.05) is 32.8 Å². The molecule has 1 N–H and O–H groups in total. The number of nitrogens with zero attached hydrogens (tertiary/aromatic N) is 1. The molecule has 0 radical (unpaired) electrons. The van der Waals surface area contributed by atoms with Crippen LogP contribution in [0.4, 0.5) is 0 Å². The maximum atomic E-state index is 5.71. The molecule has 18 heavy (non-hydrogen) atoms. The lowest BCUT2D eigenvalue weighted by Crippen LogP contribution is -2.42. The van der Waals surface area contributed by atoms with Gasteiger partial charge in [-0.15, -0.1) is 0 Å². The molecule has 2 aliphatic heterocycles. The molecule has 3 rings (SSSR count). The summed E-state index contributed by atoms with van der Waals surface area (Å²) in [6.45, 7) is 6.56. The monoisotopic (exact) mass is 246 g/mol. The summed E-state index contributed by atoms with van der Waals surface area (Å²) in [7, 11) is 0. The molecule has 0 bridgehead atoms. The highest BCUT2D eigenvalue weighted by Gasteiger charge is 2.17. The summed E-state index contributed by atoms with van der Waals surface area (Å²) in [6, 6.07) is 9.01. The van der Waals surface area contributed by atoms with Crippen LogP contribution in [0.5, 0.6) is 0 Å². The highest BCUT2D eigenvalue weighted by Crippen LogP contribution is 2.28. The Morgan fingerprint density at radius 3 is 2.61 bits per heavy atom. The third-order valence-corrected chi connectivity index (χ3v) is 3.90. The van der Waals surface area contributed by atoms with Crippen LogP contribution >= 0.6 is 0 Å². The Hall–Kier alpha value is -0.900. The lowest BCUT2D eigenvalue weighted by atomic mass is 10.0. The van der Waals surface area contributed by atoms with Gasteiger partial charge in [-0.2, -0.15) is 0 Å². The van der Waals surface area contributed by atoms with Crippen molar-refractivity contribution in [1.82, 2.24) is 10.2 Å². The lowest BCUT2D eigenvalue weighted by molar-refractivity contribution is 0.112. The summed E-state index contributed by atoms with van der Waals surface area (Å²) in [5, 5.41) is 3.39. The van der Waals surface area contributed by atoms with E-state index >= 15 is 0 Å². The fraction of sp³-hybridized carbons (Fsp3) is 0.600. The van der Waals surface area contributed by atoms with Gasteiger partial charge in [0.25, 0.3) is 0 Å². The van der Waals surface area contributed by atoms with E-state index < -0.39 is 0 Å². The molecule has 3 nitrogen and oxygen atoms in total. The molecule has 2 fully saturated rings. The summed E-state index contributed by atoms with van der Waals surface area (Å²) in [5.41, 5.74) is 2.76. The minimum atomic E-state index is 0.346. The first-order valence-electron chi connectivity index (χ1n) is 7.05. The number of nitrogens with one attached hydrogen (secondary N) is 1. The van der Waals surface area contributed by atoms with E-state index in [0.717, 1.165) is 39.3 Å². The maximum absolute atomic E-state index is 5.71. The molecule has 2 aliphatic rings. The van der Waals surface area contributed by atoms with Crippen LogP contribution in [0, 0.1) is 0 Å². The average Bonchev–Trinajstić information content (AvgIpc) is 2.95. The lowest BCUT2D eigenvalue weighted by Gasteiger charge is -2.27. The summed E-state index contributed by atoms with van der Waals surface area (Å²) in [5.74, 6) is 0. The molecule has 98 valence electrons. The normalized spacial score (nSPS) is 25.4. The summed E-state index contributed by atoms with van der Waals surface area (Å²) in [6.07, 6.45) is 2.72. The Bertz CT molecular complexity index is 365. The summed E-state index contributed by atoms with van der Waals surface area (Å²) < 4.78 is 5.71. The maximum Gasteiger partial charge on any atom is 0.0825 e. The van der Waals surface area contributed by atoms with Gasteiger partial charge in [0, 0.05) is 39.3 Å². The SMILES string of the molecule is c1cc(C2CCCO2)ccc1CN1CCNCC1. The van der Waals surface area contributed by atoms with Crippen LogP contribution < -0.4 is 5.32 Å². The van der Waals surface area contributed by atoms with Crippen molar-refractivity contribution in [2.24, 2.45) is 0 Å². The van der Waals surface area contributed by atoms with E-state index in [9.17, 15) is 0 Å². The minimum absolute atomic E-state index is 0.346. The molecule has 1 unspecified atom stereocenters. The highest BCUT2D eigenvalue weighted by molar-refractivity contribution is 5.24. The zero-order valence-electron chi connectivity index (χ0n) is 10.9. The van der Waals surface area contributed by atoms with Gasteiger partial charge in [-0.25, -0.2) is 0 Å². The first-order valence-corrected chi connectivity index (χ1v) is 7.05. The summed E-state index contributed by atoms with van der Waals surface area (Å²) in [4.78, 5) is 2.51. The van der Waals surface area contributed by atoms with Crippen molar-refractivity contribution >= 4 is 0 Å². The topological polar surface area (TPSA) is 24.5 Å². The molecule has 2 heterocycles. The van der Waals surface area contributed by atoms with Crippen LogP contribution in [0.1, 0.15) is 30.1 Å². The van der Waals surface area contributed by atoms with Gasteiger partial charge in [0.15, 0.2) is 0 Å². The van der Waals surface area contributed by atoms with Crippen LogP contribution in [0.15, 0.2) is 24.3 Å². The second-order valence-corrected chi connectivity index (χ2v) is 5.27. The Balaban J connectivity index is 1.59. The number of rotatable bonds is 3. The van der Waals surface area contributed by atoms with Crippen molar-refractivity contribution in [3.63, 3.8) is 0 Å². The smallest absolute Gasteiger partial charge is 0.0825 e.